The van der Waals surface area contributed by atoms with Gasteiger partial charge < -0.3 is 23.9 Å². The molecule has 37 heavy (non-hydrogen) atoms. The van der Waals surface area contributed by atoms with Crippen molar-refractivity contribution in [1.29, 1.82) is 0 Å². The monoisotopic (exact) mass is 517 g/mol. The Morgan fingerprint density at radius 2 is 1.65 bits per heavy atom. The van der Waals surface area contributed by atoms with Crippen molar-refractivity contribution in [2.75, 3.05) is 26.1 Å². The van der Waals surface area contributed by atoms with Gasteiger partial charge >= 0.3 is 6.18 Å². The highest BCUT2D eigenvalue weighted by atomic mass is 19.4. The molecule has 0 saturated carbocycles. The van der Waals surface area contributed by atoms with Gasteiger partial charge in [-0.3, -0.25) is 9.59 Å². The van der Waals surface area contributed by atoms with Gasteiger partial charge in [0.25, 0.3) is 5.91 Å². The lowest BCUT2D eigenvalue weighted by Crippen LogP contribution is -2.20. The average molecular weight is 517 g/mol. The fourth-order valence-corrected chi connectivity index (χ4v) is 3.60. The highest BCUT2D eigenvalue weighted by Crippen LogP contribution is 2.40. The van der Waals surface area contributed by atoms with Crippen molar-refractivity contribution >= 4 is 22.6 Å². The number of ether oxygens (including phenoxy) is 3. The maximum absolute atomic E-state index is 14.0. The molecule has 11 heteroatoms. The first-order valence-electron chi connectivity index (χ1n) is 10.7. The van der Waals surface area contributed by atoms with Gasteiger partial charge in [-0.25, -0.2) is 4.39 Å². The Morgan fingerprint density at radius 1 is 0.946 bits per heavy atom. The number of hydrogen-bond donors (Lipinski definition) is 1. The van der Waals surface area contributed by atoms with Gasteiger partial charge in [-0.15, -0.1) is 0 Å². The zero-order chi connectivity index (χ0) is 26.7. The highest BCUT2D eigenvalue weighted by molar-refractivity contribution is 5.92. The SMILES string of the molecule is COc1ccc(-c2c(C(F)(F)F)oc3cc(OCC(=O)Nc4ccc(F)cc4)ccc3c2=O)cc1OC. The number of nitrogens with one attached hydrogen (secondary N) is 1. The topological polar surface area (TPSA) is 87.0 Å². The molecule has 0 bridgehead atoms. The van der Waals surface area contributed by atoms with Crippen LogP contribution in [0, 0.1) is 5.82 Å². The molecule has 0 spiro atoms. The lowest BCUT2D eigenvalue weighted by Gasteiger charge is -2.15. The summed E-state index contributed by atoms with van der Waals surface area (Å²) in [6.07, 6.45) is -5.00. The van der Waals surface area contributed by atoms with Crippen molar-refractivity contribution in [1.82, 2.24) is 0 Å². The quantitative estimate of drug-likeness (QED) is 0.319. The van der Waals surface area contributed by atoms with Crippen LogP contribution >= 0.6 is 0 Å². The minimum Gasteiger partial charge on any atom is -0.493 e. The third-order valence-corrected chi connectivity index (χ3v) is 5.29. The van der Waals surface area contributed by atoms with E-state index in [2.05, 4.69) is 5.32 Å². The van der Waals surface area contributed by atoms with Crippen LogP contribution in [0.15, 0.2) is 69.9 Å². The molecule has 0 aliphatic heterocycles. The number of carbonyl (C=O) groups excluding carboxylic acids is 1. The fourth-order valence-electron chi connectivity index (χ4n) is 3.60. The smallest absolute Gasteiger partial charge is 0.450 e. The van der Waals surface area contributed by atoms with E-state index in [0.717, 1.165) is 18.2 Å². The number of methoxy groups -OCH3 is 2. The zero-order valence-corrected chi connectivity index (χ0v) is 19.4. The molecule has 0 aliphatic rings. The number of benzene rings is 3. The van der Waals surface area contributed by atoms with Gasteiger partial charge in [-0.05, 0) is 54.1 Å². The van der Waals surface area contributed by atoms with Crippen LogP contribution < -0.4 is 25.0 Å². The molecular formula is C26H19F4NO6. The summed E-state index contributed by atoms with van der Waals surface area (Å²) in [6, 6.07) is 12.6. The van der Waals surface area contributed by atoms with Crippen molar-refractivity contribution in [3.63, 3.8) is 0 Å². The van der Waals surface area contributed by atoms with Crippen LogP contribution in [-0.4, -0.2) is 26.7 Å². The molecule has 1 amide bonds. The lowest BCUT2D eigenvalue weighted by atomic mass is 10.0. The molecule has 1 aromatic heterocycles. The van der Waals surface area contributed by atoms with Gasteiger partial charge in [0.15, 0.2) is 18.1 Å². The molecule has 0 fully saturated rings. The zero-order valence-electron chi connectivity index (χ0n) is 19.4. The number of rotatable bonds is 7. The van der Waals surface area contributed by atoms with Crippen LogP contribution in [0.3, 0.4) is 0 Å². The summed E-state index contributed by atoms with van der Waals surface area (Å²) in [5, 5.41) is 2.36. The predicted octanol–water partition coefficient (Wildman–Crippen LogP) is 5.65. The van der Waals surface area contributed by atoms with Crippen LogP contribution in [0.5, 0.6) is 17.2 Å². The number of hydrogen-bond acceptors (Lipinski definition) is 6. The molecule has 1 N–H and O–H groups in total. The number of carbonyl (C=O) groups is 1. The molecule has 0 saturated heterocycles. The third-order valence-electron chi connectivity index (χ3n) is 5.29. The average Bonchev–Trinajstić information content (AvgIpc) is 2.87. The Kier molecular flexibility index (Phi) is 7.05. The van der Waals surface area contributed by atoms with E-state index in [9.17, 15) is 27.2 Å². The summed E-state index contributed by atoms with van der Waals surface area (Å²) in [5.74, 6) is -2.15. The molecule has 4 aromatic rings. The van der Waals surface area contributed by atoms with Crippen molar-refractivity contribution in [3.05, 3.63) is 82.5 Å². The summed E-state index contributed by atoms with van der Waals surface area (Å²) >= 11 is 0. The molecule has 0 atom stereocenters. The number of anilines is 1. The number of alkyl halides is 3. The summed E-state index contributed by atoms with van der Waals surface area (Å²) in [5.41, 5.74) is -1.72. The van der Waals surface area contributed by atoms with E-state index in [0.29, 0.717) is 5.69 Å². The van der Waals surface area contributed by atoms with E-state index < -0.39 is 41.3 Å². The first-order chi connectivity index (χ1) is 17.6. The summed E-state index contributed by atoms with van der Waals surface area (Å²) in [4.78, 5) is 25.3. The van der Waals surface area contributed by atoms with Gasteiger partial charge in [-0.1, -0.05) is 6.07 Å². The Balaban J connectivity index is 1.67. The van der Waals surface area contributed by atoms with Crippen molar-refractivity contribution in [2.24, 2.45) is 0 Å². The van der Waals surface area contributed by atoms with Crippen LogP contribution in [0.1, 0.15) is 5.76 Å². The molecule has 4 rings (SSSR count). The maximum atomic E-state index is 14.0. The predicted molar refractivity (Wildman–Crippen MR) is 127 cm³/mol. The number of halogens is 4. The molecular weight excluding hydrogens is 498 g/mol. The van der Waals surface area contributed by atoms with E-state index in [1.54, 1.807) is 0 Å². The van der Waals surface area contributed by atoms with Gasteiger partial charge in [0, 0.05) is 11.8 Å². The Hall–Kier alpha value is -4.54. The maximum Gasteiger partial charge on any atom is 0.450 e. The molecule has 7 nitrogen and oxygen atoms in total. The molecule has 1 heterocycles. The van der Waals surface area contributed by atoms with Crippen molar-refractivity contribution in [2.45, 2.75) is 6.18 Å². The Bertz CT molecular complexity index is 1510. The molecule has 0 radical (unpaired) electrons. The second-order valence-corrected chi connectivity index (χ2v) is 7.70. The van der Waals surface area contributed by atoms with Crippen LogP contribution in [0.25, 0.3) is 22.1 Å². The second kappa shape index (κ2) is 10.2. The summed E-state index contributed by atoms with van der Waals surface area (Å²) in [6.45, 7) is -0.497. The minimum absolute atomic E-state index is 0.00287. The van der Waals surface area contributed by atoms with Crippen LogP contribution in [0.2, 0.25) is 0 Å². The summed E-state index contributed by atoms with van der Waals surface area (Å²) in [7, 11) is 2.69. The van der Waals surface area contributed by atoms with Gasteiger partial charge in [0.2, 0.25) is 11.2 Å². The molecule has 192 valence electrons. The second-order valence-electron chi connectivity index (χ2n) is 7.70. The Morgan fingerprint density at radius 3 is 2.30 bits per heavy atom. The van der Waals surface area contributed by atoms with Crippen LogP contribution in [-0.2, 0) is 11.0 Å². The van der Waals surface area contributed by atoms with E-state index in [1.807, 2.05) is 0 Å². The van der Waals surface area contributed by atoms with E-state index in [4.69, 9.17) is 18.6 Å². The largest absolute Gasteiger partial charge is 0.493 e. The minimum atomic E-state index is -5.00. The van der Waals surface area contributed by atoms with E-state index in [1.165, 1.54) is 56.7 Å². The molecule has 0 aliphatic carbocycles. The van der Waals surface area contributed by atoms with Crippen molar-refractivity contribution in [3.8, 4) is 28.4 Å². The molecule has 3 aromatic carbocycles. The first-order valence-corrected chi connectivity index (χ1v) is 10.7. The highest BCUT2D eigenvalue weighted by Gasteiger charge is 2.39. The Labute approximate surface area is 207 Å². The van der Waals surface area contributed by atoms with Gasteiger partial charge in [0.1, 0.15) is 17.1 Å². The lowest BCUT2D eigenvalue weighted by molar-refractivity contribution is -0.152. The van der Waals surface area contributed by atoms with Crippen molar-refractivity contribution < 1.29 is 41.0 Å². The van der Waals surface area contributed by atoms with E-state index in [-0.39, 0.29) is 33.8 Å². The fraction of sp³-hybridized carbons (Fsp3) is 0.154. The van der Waals surface area contributed by atoms with Crippen LogP contribution in [0.4, 0.5) is 23.2 Å². The normalized spacial score (nSPS) is 11.3. The first kappa shape index (κ1) is 25.5. The molecule has 0 unspecified atom stereocenters. The standard InChI is InChI=1S/C26H19F4NO6/c1-34-19-10-3-14(11-21(19)35-2)23-24(33)18-9-8-17(12-20(18)37-25(23)26(28,29)30)36-13-22(32)31-16-6-4-15(27)5-7-16/h3-12H,13H2,1-2H3,(H,31,32). The number of amides is 1. The van der Waals surface area contributed by atoms with E-state index >= 15 is 0 Å². The van der Waals surface area contributed by atoms with Gasteiger partial charge in [0.05, 0.1) is 25.2 Å². The number of fused-ring (bicyclic) bond motifs is 1. The van der Waals surface area contributed by atoms with Gasteiger partial charge in [-0.2, -0.15) is 13.2 Å². The summed E-state index contributed by atoms with van der Waals surface area (Å²) < 4.78 is 75.6. The third kappa shape index (κ3) is 5.50.